The summed E-state index contributed by atoms with van der Waals surface area (Å²) in [6.07, 6.45) is 0. The Balaban J connectivity index is 2.86. The molecule has 1 rings (SSSR count). The molecule has 0 spiro atoms. The van der Waals surface area contributed by atoms with Crippen LogP contribution in [0.5, 0.6) is 0 Å². The number of epoxide rings is 1. The number of esters is 1. The zero-order valence-electron chi connectivity index (χ0n) is 6.67. The lowest BCUT2D eigenvalue weighted by Gasteiger charge is -1.97. The number of carbonyl (C=O) groups excluding carboxylic acids is 1. The van der Waals surface area contributed by atoms with Crippen molar-refractivity contribution in [2.24, 2.45) is 0 Å². The monoisotopic (exact) mass is 155 g/mol. The lowest BCUT2D eigenvalue weighted by molar-refractivity contribution is -0.145. The van der Waals surface area contributed by atoms with Crippen molar-refractivity contribution in [2.75, 3.05) is 7.11 Å². The Morgan fingerprint density at radius 2 is 2.09 bits per heavy atom. The minimum absolute atomic E-state index is 0.613. The smallest absolute Gasteiger partial charge is 0.461 e. The van der Waals surface area contributed by atoms with Gasteiger partial charge in [-0.2, -0.15) is 0 Å². The van der Waals surface area contributed by atoms with Crippen molar-refractivity contribution in [2.45, 2.75) is 25.2 Å². The highest BCUT2D eigenvalue weighted by Gasteiger charge is 2.79. The first kappa shape index (κ1) is 8.02. The fraction of sp³-hybridized carbons (Fsp3) is 0.714. The van der Waals surface area contributed by atoms with Gasteiger partial charge in [0.1, 0.15) is 0 Å². The predicted molar refractivity (Wildman–Crippen MR) is 36.5 cm³/mol. The van der Waals surface area contributed by atoms with E-state index >= 15 is 0 Å². The fourth-order valence-electron chi connectivity index (χ4n) is 0.973. The van der Waals surface area contributed by atoms with Crippen molar-refractivity contribution in [1.29, 1.82) is 0 Å². The van der Waals surface area contributed by atoms with E-state index in [9.17, 15) is 4.79 Å². The molecule has 4 heteroatoms. The molecule has 0 aliphatic carbocycles. The Bertz CT molecular complexity index is 241. The van der Waals surface area contributed by atoms with Crippen molar-refractivity contribution < 1.29 is 14.3 Å². The van der Waals surface area contributed by atoms with Gasteiger partial charge in [0.2, 0.25) is 0 Å². The quantitative estimate of drug-likeness (QED) is 0.316. The molecule has 0 aromatic rings. The molecule has 1 fully saturated rings. The minimum atomic E-state index is -1.37. The molecule has 1 saturated heterocycles. The molecule has 4 nitrogen and oxygen atoms in total. The number of hydrogen-bond acceptors (Lipinski definition) is 3. The first-order chi connectivity index (χ1) is 5.00. The van der Waals surface area contributed by atoms with Crippen molar-refractivity contribution >= 4 is 5.97 Å². The third kappa shape index (κ3) is 0.813. The average molecular weight is 155 g/mol. The van der Waals surface area contributed by atoms with Gasteiger partial charge in [-0.15, -0.1) is 0 Å². The van der Waals surface area contributed by atoms with Crippen LogP contribution in [0, 0.1) is 6.57 Å². The van der Waals surface area contributed by atoms with E-state index in [0.29, 0.717) is 0 Å². The topological polar surface area (TPSA) is 43.2 Å². The van der Waals surface area contributed by atoms with E-state index in [0.717, 1.165) is 0 Å². The van der Waals surface area contributed by atoms with Crippen LogP contribution >= 0.6 is 0 Å². The molecule has 1 aliphatic rings. The third-order valence-corrected chi connectivity index (χ3v) is 1.80. The molecule has 1 aliphatic heterocycles. The first-order valence-electron chi connectivity index (χ1n) is 3.17. The second kappa shape index (κ2) is 1.95. The van der Waals surface area contributed by atoms with Gasteiger partial charge in [-0.1, -0.05) is 0 Å². The van der Waals surface area contributed by atoms with Crippen LogP contribution in [0.3, 0.4) is 0 Å². The molecule has 1 heterocycles. The van der Waals surface area contributed by atoms with Gasteiger partial charge in [0.25, 0.3) is 0 Å². The summed E-state index contributed by atoms with van der Waals surface area (Å²) in [5.74, 6) is -0.613. The average Bonchev–Trinajstić information content (AvgIpc) is 2.53. The van der Waals surface area contributed by atoms with E-state index in [-0.39, 0.29) is 0 Å². The van der Waals surface area contributed by atoms with Crippen molar-refractivity contribution in [3.63, 3.8) is 0 Å². The Labute approximate surface area is 64.9 Å². The summed E-state index contributed by atoms with van der Waals surface area (Å²) in [5.41, 5.74) is -2.07. The summed E-state index contributed by atoms with van der Waals surface area (Å²) >= 11 is 0. The molecule has 0 amide bonds. The van der Waals surface area contributed by atoms with Gasteiger partial charge < -0.3 is 4.74 Å². The standard InChI is InChI=1S/C7H9NO3/c1-6(2)7(8-3,11-6)5(9)10-4/h1-2,4H3. The maximum absolute atomic E-state index is 11.0. The van der Waals surface area contributed by atoms with Crippen LogP contribution in [0.15, 0.2) is 0 Å². The molecule has 0 N–H and O–H groups in total. The summed E-state index contributed by atoms with van der Waals surface area (Å²) in [4.78, 5) is 14.1. The summed E-state index contributed by atoms with van der Waals surface area (Å²) < 4.78 is 9.39. The van der Waals surface area contributed by atoms with Gasteiger partial charge in [-0.25, -0.2) is 11.4 Å². The van der Waals surface area contributed by atoms with Crippen LogP contribution in [-0.4, -0.2) is 24.4 Å². The van der Waals surface area contributed by atoms with Gasteiger partial charge in [0.05, 0.1) is 7.11 Å². The zero-order chi connectivity index (χ0) is 8.70. The Kier molecular flexibility index (Phi) is 1.43. The Hall–Kier alpha value is -1.08. The van der Waals surface area contributed by atoms with Crippen LogP contribution < -0.4 is 0 Å². The van der Waals surface area contributed by atoms with Crippen molar-refractivity contribution in [3.05, 3.63) is 11.4 Å². The van der Waals surface area contributed by atoms with Crippen LogP contribution in [-0.2, 0) is 14.3 Å². The Morgan fingerprint density at radius 1 is 1.64 bits per heavy atom. The van der Waals surface area contributed by atoms with Gasteiger partial charge in [0.15, 0.2) is 5.60 Å². The summed E-state index contributed by atoms with van der Waals surface area (Å²) in [6.45, 7) is 10.1. The first-order valence-corrected chi connectivity index (χ1v) is 3.17. The molecule has 0 aromatic heterocycles. The van der Waals surface area contributed by atoms with E-state index in [1.54, 1.807) is 13.8 Å². The molecule has 0 bridgehead atoms. The second-order valence-electron chi connectivity index (χ2n) is 2.86. The molecular formula is C7H9NO3. The van der Waals surface area contributed by atoms with E-state index in [2.05, 4.69) is 9.58 Å². The second-order valence-corrected chi connectivity index (χ2v) is 2.86. The summed E-state index contributed by atoms with van der Waals surface area (Å²) in [7, 11) is 1.24. The van der Waals surface area contributed by atoms with Gasteiger partial charge >= 0.3 is 11.7 Å². The molecule has 1 atom stereocenters. The number of ether oxygens (including phenoxy) is 2. The Morgan fingerprint density at radius 3 is 2.18 bits per heavy atom. The van der Waals surface area contributed by atoms with Crippen molar-refractivity contribution in [1.82, 2.24) is 0 Å². The number of nitrogens with zero attached hydrogens (tertiary/aromatic N) is 1. The van der Waals surface area contributed by atoms with Gasteiger partial charge in [-0.3, -0.25) is 9.58 Å². The summed E-state index contributed by atoms with van der Waals surface area (Å²) in [5, 5.41) is 0. The SMILES string of the molecule is [C-]#[N+]C1(C(=O)OC)OC1(C)C. The third-order valence-electron chi connectivity index (χ3n) is 1.80. The lowest BCUT2D eigenvalue weighted by atomic mass is 10.1. The number of methoxy groups -OCH3 is 1. The fourth-order valence-corrected chi connectivity index (χ4v) is 0.973. The molecule has 1 unspecified atom stereocenters. The van der Waals surface area contributed by atoms with E-state index < -0.39 is 17.3 Å². The zero-order valence-corrected chi connectivity index (χ0v) is 6.67. The maximum atomic E-state index is 11.0. The molecule has 60 valence electrons. The van der Waals surface area contributed by atoms with Crippen LogP contribution in [0.2, 0.25) is 0 Å². The highest BCUT2D eigenvalue weighted by atomic mass is 16.7. The van der Waals surface area contributed by atoms with Crippen LogP contribution in [0.4, 0.5) is 0 Å². The van der Waals surface area contributed by atoms with E-state index in [1.807, 2.05) is 0 Å². The molecular weight excluding hydrogens is 146 g/mol. The minimum Gasteiger partial charge on any atom is -0.461 e. The van der Waals surface area contributed by atoms with Crippen LogP contribution in [0.1, 0.15) is 13.8 Å². The van der Waals surface area contributed by atoms with Crippen LogP contribution in [0.25, 0.3) is 4.85 Å². The number of hydrogen-bond donors (Lipinski definition) is 0. The van der Waals surface area contributed by atoms with E-state index in [4.69, 9.17) is 11.3 Å². The molecule has 0 radical (unpaired) electrons. The highest BCUT2D eigenvalue weighted by molar-refractivity contribution is 5.86. The molecule has 0 aromatic carbocycles. The maximum Gasteiger partial charge on any atom is 0.463 e. The van der Waals surface area contributed by atoms with E-state index in [1.165, 1.54) is 7.11 Å². The van der Waals surface area contributed by atoms with Gasteiger partial charge in [0, 0.05) is 0 Å². The molecule has 0 saturated carbocycles. The number of rotatable bonds is 1. The largest absolute Gasteiger partial charge is 0.463 e. The highest BCUT2D eigenvalue weighted by Crippen LogP contribution is 2.49. The van der Waals surface area contributed by atoms with Gasteiger partial charge in [-0.05, 0) is 13.8 Å². The normalized spacial score (nSPS) is 32.2. The predicted octanol–water partition coefficient (Wildman–Crippen LogP) is 0.584. The lowest BCUT2D eigenvalue weighted by Crippen LogP contribution is -2.28. The number of carbonyl (C=O) groups is 1. The van der Waals surface area contributed by atoms with Crippen molar-refractivity contribution in [3.8, 4) is 0 Å². The summed E-state index contributed by atoms with van der Waals surface area (Å²) in [6, 6.07) is 0. The molecule has 11 heavy (non-hydrogen) atoms.